The topological polar surface area (TPSA) is 154 Å². The van der Waals surface area contributed by atoms with Crippen LogP contribution >= 0.6 is 0 Å². The Morgan fingerprint density at radius 3 is 2.03 bits per heavy atom. The number of nitrogens with zero attached hydrogens (tertiary/aromatic N) is 2. The van der Waals surface area contributed by atoms with Crippen LogP contribution in [0.5, 0.6) is 0 Å². The maximum absolute atomic E-state index is 13.0. The molecule has 10 nitrogen and oxygen atoms in total. The second-order valence-corrected chi connectivity index (χ2v) is 9.60. The summed E-state index contributed by atoms with van der Waals surface area (Å²) in [5.74, 6) is -1.49. The lowest BCUT2D eigenvalue weighted by atomic mass is 10.1. The first-order valence-corrected chi connectivity index (χ1v) is 11.8. The molecule has 0 amide bonds. The molecule has 35 heavy (non-hydrogen) atoms. The van der Waals surface area contributed by atoms with Gasteiger partial charge in [0.05, 0.1) is 21.8 Å². The number of carbonyl (C=O) groups is 1. The molecule has 0 spiro atoms. The summed E-state index contributed by atoms with van der Waals surface area (Å²) in [7, 11) is -3.64. The average molecular weight is 495 g/mol. The molecule has 3 aromatic rings. The van der Waals surface area contributed by atoms with Gasteiger partial charge >= 0.3 is 5.97 Å². The Morgan fingerprint density at radius 1 is 0.914 bits per heavy atom. The molecule has 0 radical (unpaired) electrons. The molecule has 3 rings (SSSR count). The minimum atomic E-state index is -3.64. The maximum Gasteiger partial charge on any atom is 0.338 e. The van der Waals surface area contributed by atoms with E-state index in [-0.39, 0.29) is 4.90 Å². The summed E-state index contributed by atoms with van der Waals surface area (Å²) in [5.41, 5.74) is 5.99. The molecule has 180 valence electrons. The summed E-state index contributed by atoms with van der Waals surface area (Å²) in [5, 5.41) is 17.1. The van der Waals surface area contributed by atoms with Gasteiger partial charge in [-0.05, 0) is 56.2 Å². The first kappa shape index (κ1) is 25.2. The van der Waals surface area contributed by atoms with Crippen molar-refractivity contribution in [1.29, 1.82) is 0 Å². The van der Waals surface area contributed by atoms with E-state index in [1.807, 2.05) is 26.0 Å². The number of carboxylic acids is 1. The molecule has 0 fully saturated rings. The molecular weight excluding hydrogens is 472 g/mol. The number of carboxylic acid groups (broad SMARTS) is 1. The van der Waals surface area contributed by atoms with Gasteiger partial charge in [0, 0.05) is 11.5 Å². The van der Waals surface area contributed by atoms with E-state index in [1.165, 1.54) is 18.2 Å². The number of aryl methyl sites for hydroxylation is 3. The highest BCUT2D eigenvalue weighted by Gasteiger charge is 2.15. The first-order chi connectivity index (χ1) is 16.4. The minimum Gasteiger partial charge on any atom is -0.478 e. The van der Waals surface area contributed by atoms with E-state index in [4.69, 9.17) is 0 Å². The fourth-order valence-electron chi connectivity index (χ4n) is 3.20. The van der Waals surface area contributed by atoms with Gasteiger partial charge in [-0.2, -0.15) is 10.2 Å². The van der Waals surface area contributed by atoms with Crippen molar-refractivity contribution in [2.45, 2.75) is 25.7 Å². The Morgan fingerprint density at radius 2 is 1.49 bits per heavy atom. The van der Waals surface area contributed by atoms with Crippen LogP contribution in [0.1, 0.15) is 27.0 Å². The highest BCUT2D eigenvalue weighted by Crippen LogP contribution is 2.20. The van der Waals surface area contributed by atoms with E-state index in [0.717, 1.165) is 22.6 Å². The summed E-state index contributed by atoms with van der Waals surface area (Å²) < 4.78 is 23.9. The highest BCUT2D eigenvalue weighted by atomic mass is 32.2. The molecular formula is C24H22N4O6S. The van der Waals surface area contributed by atoms with E-state index in [2.05, 4.69) is 27.6 Å². The first-order valence-electron chi connectivity index (χ1n) is 10.2. The summed E-state index contributed by atoms with van der Waals surface area (Å²) in [4.78, 5) is 37.1. The smallest absolute Gasteiger partial charge is 0.338 e. The zero-order chi connectivity index (χ0) is 25.9. The Bertz CT molecular complexity index is 1680. The number of nitrogens with one attached hydrogen (secondary N) is 2. The number of rotatable bonds is 7. The van der Waals surface area contributed by atoms with Gasteiger partial charge in [0.1, 0.15) is 5.36 Å². The van der Waals surface area contributed by atoms with Crippen LogP contribution in [-0.4, -0.2) is 19.5 Å². The quantitative estimate of drug-likeness (QED) is 0.419. The van der Waals surface area contributed by atoms with Crippen LogP contribution < -0.4 is 32.4 Å². The molecule has 0 heterocycles. The van der Waals surface area contributed by atoms with Crippen molar-refractivity contribution in [2.24, 2.45) is 10.2 Å². The van der Waals surface area contributed by atoms with Gasteiger partial charge in [0.2, 0.25) is 10.9 Å². The molecule has 0 aromatic heterocycles. The van der Waals surface area contributed by atoms with Crippen molar-refractivity contribution in [3.63, 3.8) is 0 Å². The zero-order valence-corrected chi connectivity index (χ0v) is 19.9. The predicted octanol–water partition coefficient (Wildman–Crippen LogP) is 1.68. The third kappa shape index (κ3) is 5.41. The van der Waals surface area contributed by atoms with Gasteiger partial charge in [-0.25, -0.2) is 13.2 Å². The molecule has 0 aliphatic rings. The number of aromatic carboxylic acids is 1. The number of anilines is 2. The standard InChI is InChI=1S/C24H22N4O6S/c1-5-35(33,34)16-7-9-19(15(4)11-16)26-28-22-20(29)12-17(24(31)32)21(23(22)30)27-25-18-8-6-13(2)10-14(18)3/h5-12,25-26H,1H2,2-4H3,(H,31,32). The average Bonchev–Trinajstić information content (AvgIpc) is 2.79. The molecule has 11 heteroatoms. The molecule has 0 saturated heterocycles. The Balaban J connectivity index is 2.10. The van der Waals surface area contributed by atoms with Gasteiger partial charge in [-0.3, -0.25) is 20.4 Å². The summed E-state index contributed by atoms with van der Waals surface area (Å²) in [6.45, 7) is 8.62. The number of hydrogen-bond donors (Lipinski definition) is 3. The molecule has 0 unspecified atom stereocenters. The van der Waals surface area contributed by atoms with E-state index in [0.29, 0.717) is 16.9 Å². The van der Waals surface area contributed by atoms with E-state index in [9.17, 15) is 27.9 Å². The second kappa shape index (κ2) is 9.85. The summed E-state index contributed by atoms with van der Waals surface area (Å²) in [6, 6.07) is 10.3. The number of benzene rings is 3. The Kier molecular flexibility index (Phi) is 7.11. The minimum absolute atomic E-state index is 0.0222. The summed E-state index contributed by atoms with van der Waals surface area (Å²) >= 11 is 0. The lowest BCUT2D eigenvalue weighted by Crippen LogP contribution is -2.50. The molecule has 0 bridgehead atoms. The third-order valence-corrected chi connectivity index (χ3v) is 6.48. The van der Waals surface area contributed by atoms with Crippen LogP contribution in [0.3, 0.4) is 0 Å². The Hall–Kier alpha value is -4.38. The van der Waals surface area contributed by atoms with E-state index < -0.39 is 42.9 Å². The van der Waals surface area contributed by atoms with Crippen molar-refractivity contribution < 1.29 is 18.3 Å². The van der Waals surface area contributed by atoms with Crippen molar-refractivity contribution in [2.75, 3.05) is 10.9 Å². The molecule has 3 N–H and O–H groups in total. The van der Waals surface area contributed by atoms with E-state index in [1.54, 1.807) is 13.0 Å². The lowest BCUT2D eigenvalue weighted by Gasteiger charge is -2.07. The van der Waals surface area contributed by atoms with Gasteiger partial charge in [-0.15, -0.1) is 0 Å². The van der Waals surface area contributed by atoms with Gasteiger partial charge in [0.25, 0.3) is 0 Å². The van der Waals surface area contributed by atoms with Crippen molar-refractivity contribution >= 4 is 27.2 Å². The molecule has 3 aromatic carbocycles. The number of hydrogen-bond acceptors (Lipinski definition) is 9. The zero-order valence-electron chi connectivity index (χ0n) is 19.1. The molecule has 0 aliphatic carbocycles. The van der Waals surface area contributed by atoms with Crippen LogP contribution in [0.15, 0.2) is 79.1 Å². The van der Waals surface area contributed by atoms with E-state index >= 15 is 0 Å². The van der Waals surface area contributed by atoms with Crippen LogP contribution in [0.25, 0.3) is 0 Å². The molecule has 0 saturated carbocycles. The van der Waals surface area contributed by atoms with Crippen molar-refractivity contribution in [3.05, 3.63) is 108 Å². The lowest BCUT2D eigenvalue weighted by molar-refractivity contribution is 0.0694. The van der Waals surface area contributed by atoms with Gasteiger partial charge in [0.15, 0.2) is 15.2 Å². The fraction of sp³-hybridized carbons (Fsp3) is 0.125. The monoisotopic (exact) mass is 494 g/mol. The predicted molar refractivity (Wildman–Crippen MR) is 131 cm³/mol. The summed E-state index contributed by atoms with van der Waals surface area (Å²) in [6.07, 6.45) is 0. The maximum atomic E-state index is 13.0. The van der Waals surface area contributed by atoms with Crippen LogP contribution in [0, 0.1) is 20.8 Å². The third-order valence-electron chi connectivity index (χ3n) is 5.13. The molecule has 0 aliphatic heterocycles. The van der Waals surface area contributed by atoms with Crippen LogP contribution in [0.2, 0.25) is 0 Å². The normalized spacial score (nSPS) is 12.4. The van der Waals surface area contributed by atoms with Crippen molar-refractivity contribution in [1.82, 2.24) is 0 Å². The SMILES string of the molecule is C=CS(=O)(=O)c1ccc(NN=c2c(=O)cc(C(=O)O)c(=NNc3ccc(C)cc3C)c2=O)c(C)c1. The Labute approximate surface area is 200 Å². The van der Waals surface area contributed by atoms with Crippen molar-refractivity contribution in [3.8, 4) is 0 Å². The van der Waals surface area contributed by atoms with Crippen LogP contribution in [0.4, 0.5) is 11.4 Å². The molecule has 0 atom stereocenters. The second-order valence-electron chi connectivity index (χ2n) is 7.71. The van der Waals surface area contributed by atoms with Gasteiger partial charge < -0.3 is 5.11 Å². The van der Waals surface area contributed by atoms with Crippen LogP contribution in [-0.2, 0) is 9.84 Å². The highest BCUT2D eigenvalue weighted by molar-refractivity contribution is 7.94. The van der Waals surface area contributed by atoms with Gasteiger partial charge in [-0.1, -0.05) is 24.3 Å². The fourth-order valence-corrected chi connectivity index (χ4v) is 3.99. The number of sulfone groups is 1. The largest absolute Gasteiger partial charge is 0.478 e.